The lowest BCUT2D eigenvalue weighted by molar-refractivity contribution is -0.119. The van der Waals surface area contributed by atoms with Crippen LogP contribution >= 0.6 is 34.4 Å². The molecule has 0 aliphatic carbocycles. The van der Waals surface area contributed by atoms with E-state index < -0.39 is 0 Å². The van der Waals surface area contributed by atoms with Crippen molar-refractivity contribution in [3.05, 3.63) is 81.6 Å². The van der Waals surface area contributed by atoms with Crippen molar-refractivity contribution < 1.29 is 9.59 Å². The molecule has 9 heteroatoms. The summed E-state index contributed by atoms with van der Waals surface area (Å²) in [7, 11) is 0. The van der Waals surface area contributed by atoms with Crippen molar-refractivity contribution in [2.75, 3.05) is 5.32 Å². The third kappa shape index (κ3) is 6.07. The van der Waals surface area contributed by atoms with Gasteiger partial charge >= 0.3 is 0 Å². The Morgan fingerprint density at radius 3 is 2.61 bits per heavy atom. The molecule has 2 amide bonds. The largest absolute Gasteiger partial charge is 0.350 e. The van der Waals surface area contributed by atoms with Crippen LogP contribution in [0.4, 0.5) is 5.13 Å². The van der Waals surface area contributed by atoms with E-state index in [0.717, 1.165) is 27.4 Å². The number of benzene rings is 2. The number of anilines is 1. The molecule has 2 aromatic heterocycles. The molecular formula is C24H22N4O2S3. The summed E-state index contributed by atoms with van der Waals surface area (Å²) in [5, 5.41) is 10.3. The number of nitrogens with one attached hydrogen (secondary N) is 2. The Morgan fingerprint density at radius 1 is 1.09 bits per heavy atom. The maximum absolute atomic E-state index is 12.9. The van der Waals surface area contributed by atoms with E-state index >= 15 is 0 Å². The van der Waals surface area contributed by atoms with Crippen molar-refractivity contribution in [1.29, 1.82) is 0 Å². The lowest BCUT2D eigenvalue weighted by atomic mass is 10.1. The number of thiazole rings is 2. The van der Waals surface area contributed by atoms with Crippen molar-refractivity contribution >= 4 is 51.4 Å². The Labute approximate surface area is 204 Å². The van der Waals surface area contributed by atoms with E-state index in [2.05, 4.69) is 20.6 Å². The zero-order valence-corrected chi connectivity index (χ0v) is 20.5. The average molecular weight is 495 g/mol. The number of nitrogens with zero attached hydrogens (tertiary/aromatic N) is 2. The molecule has 2 heterocycles. The summed E-state index contributed by atoms with van der Waals surface area (Å²) >= 11 is 4.55. The van der Waals surface area contributed by atoms with Gasteiger partial charge in [0.1, 0.15) is 0 Å². The molecule has 0 saturated carbocycles. The van der Waals surface area contributed by atoms with Gasteiger partial charge in [-0.3, -0.25) is 14.9 Å². The van der Waals surface area contributed by atoms with E-state index in [4.69, 9.17) is 0 Å². The van der Waals surface area contributed by atoms with Gasteiger partial charge in [-0.2, -0.15) is 0 Å². The Balaban J connectivity index is 1.43. The highest BCUT2D eigenvalue weighted by atomic mass is 32.2. The Bertz CT molecular complexity index is 1240. The second-order valence-corrected chi connectivity index (χ2v) is 9.89. The van der Waals surface area contributed by atoms with E-state index in [0.29, 0.717) is 16.4 Å². The number of hydrogen-bond acceptors (Lipinski definition) is 7. The van der Waals surface area contributed by atoms with Crippen LogP contribution in [0.3, 0.4) is 0 Å². The zero-order valence-electron chi connectivity index (χ0n) is 18.1. The molecule has 0 aliphatic rings. The normalized spacial score (nSPS) is 11.7. The molecule has 0 saturated heterocycles. The van der Waals surface area contributed by atoms with Crippen LogP contribution < -0.4 is 10.6 Å². The molecule has 168 valence electrons. The molecule has 1 atom stereocenters. The van der Waals surface area contributed by atoms with E-state index in [-0.39, 0.29) is 17.9 Å². The van der Waals surface area contributed by atoms with Crippen molar-refractivity contribution in [3.63, 3.8) is 0 Å². The third-order valence-electron chi connectivity index (χ3n) is 4.84. The molecule has 2 N–H and O–H groups in total. The van der Waals surface area contributed by atoms with Crippen LogP contribution in [0.1, 0.15) is 41.5 Å². The topological polar surface area (TPSA) is 84.0 Å². The Hall–Kier alpha value is -3.01. The first kappa shape index (κ1) is 23.2. The van der Waals surface area contributed by atoms with Gasteiger partial charge in [0.15, 0.2) is 5.13 Å². The Morgan fingerprint density at radius 2 is 1.88 bits per heavy atom. The number of carbonyl (C=O) groups is 2. The number of amides is 2. The second kappa shape index (κ2) is 10.7. The molecule has 1 unspecified atom stereocenters. The summed E-state index contributed by atoms with van der Waals surface area (Å²) in [6.07, 6.45) is 0. The minimum Gasteiger partial charge on any atom is -0.350 e. The Kier molecular flexibility index (Phi) is 7.54. The number of rotatable bonds is 8. The van der Waals surface area contributed by atoms with Gasteiger partial charge in [-0.1, -0.05) is 36.4 Å². The SMILES string of the molecule is CC(=O)NC(C)c1ccc(-c2csc(NC(=O)c3ccccc3SCc3cscn3)n2)cc1. The van der Waals surface area contributed by atoms with Gasteiger partial charge in [0.25, 0.3) is 5.91 Å². The van der Waals surface area contributed by atoms with E-state index in [9.17, 15) is 9.59 Å². The lowest BCUT2D eigenvalue weighted by Crippen LogP contribution is -2.23. The summed E-state index contributed by atoms with van der Waals surface area (Å²) in [5.74, 6) is 0.470. The first-order valence-corrected chi connectivity index (χ1v) is 13.0. The highest BCUT2D eigenvalue weighted by Gasteiger charge is 2.15. The number of carbonyl (C=O) groups excluding carboxylic acids is 2. The number of thioether (sulfide) groups is 1. The minimum absolute atomic E-state index is 0.0599. The molecular weight excluding hydrogens is 472 g/mol. The zero-order chi connectivity index (χ0) is 23.2. The summed E-state index contributed by atoms with van der Waals surface area (Å²) in [4.78, 5) is 34.0. The fourth-order valence-electron chi connectivity index (χ4n) is 3.20. The van der Waals surface area contributed by atoms with Gasteiger partial charge in [-0.25, -0.2) is 9.97 Å². The molecule has 0 radical (unpaired) electrons. The first-order chi connectivity index (χ1) is 16.0. The van der Waals surface area contributed by atoms with E-state index in [1.54, 1.807) is 23.1 Å². The van der Waals surface area contributed by atoms with Gasteiger partial charge in [0, 0.05) is 33.9 Å². The molecule has 4 aromatic rings. The highest BCUT2D eigenvalue weighted by molar-refractivity contribution is 7.98. The molecule has 0 fully saturated rings. The molecule has 4 rings (SSSR count). The quantitative estimate of drug-likeness (QED) is 0.293. The van der Waals surface area contributed by atoms with Gasteiger partial charge in [0.05, 0.1) is 28.5 Å². The van der Waals surface area contributed by atoms with E-state index in [1.165, 1.54) is 18.3 Å². The van der Waals surface area contributed by atoms with Crippen molar-refractivity contribution in [2.24, 2.45) is 0 Å². The van der Waals surface area contributed by atoms with Gasteiger partial charge in [-0.15, -0.1) is 34.4 Å². The molecule has 0 spiro atoms. The van der Waals surface area contributed by atoms with Crippen LogP contribution in [0, 0.1) is 0 Å². The van der Waals surface area contributed by atoms with Gasteiger partial charge in [-0.05, 0) is 24.6 Å². The lowest BCUT2D eigenvalue weighted by Gasteiger charge is -2.13. The van der Waals surface area contributed by atoms with Crippen LogP contribution in [-0.2, 0) is 10.5 Å². The predicted molar refractivity (Wildman–Crippen MR) is 136 cm³/mol. The summed E-state index contributed by atoms with van der Waals surface area (Å²) in [6.45, 7) is 3.45. The first-order valence-electron chi connectivity index (χ1n) is 10.2. The average Bonchev–Trinajstić information content (AvgIpc) is 3.50. The standard InChI is InChI=1S/C24H22N4O2S3/c1-15(26-16(2)29)17-7-9-18(10-8-17)21-13-33-24(27-21)28-23(30)20-5-3-4-6-22(20)32-12-19-11-31-14-25-19/h3-11,13-15H,12H2,1-2H3,(H,26,29)(H,27,28,30). The maximum Gasteiger partial charge on any atom is 0.258 e. The second-order valence-electron chi connectivity index (χ2n) is 7.30. The van der Waals surface area contributed by atoms with Crippen LogP contribution in [-0.4, -0.2) is 21.8 Å². The van der Waals surface area contributed by atoms with Crippen molar-refractivity contribution in [1.82, 2.24) is 15.3 Å². The molecule has 33 heavy (non-hydrogen) atoms. The smallest absolute Gasteiger partial charge is 0.258 e. The summed E-state index contributed by atoms with van der Waals surface area (Å²) in [5.41, 5.74) is 6.19. The van der Waals surface area contributed by atoms with Crippen molar-refractivity contribution in [2.45, 2.75) is 30.5 Å². The summed E-state index contributed by atoms with van der Waals surface area (Å²) in [6, 6.07) is 15.4. The molecule has 0 bridgehead atoms. The number of aromatic nitrogens is 2. The minimum atomic E-state index is -0.184. The fraction of sp³-hybridized carbons (Fsp3) is 0.167. The van der Waals surface area contributed by atoms with Crippen LogP contribution in [0.2, 0.25) is 0 Å². The van der Waals surface area contributed by atoms with E-state index in [1.807, 2.05) is 71.7 Å². The van der Waals surface area contributed by atoms with Crippen LogP contribution in [0.5, 0.6) is 0 Å². The fourth-order valence-corrected chi connectivity index (χ4v) is 5.53. The monoisotopic (exact) mass is 494 g/mol. The molecule has 2 aromatic carbocycles. The summed E-state index contributed by atoms with van der Waals surface area (Å²) < 4.78 is 0. The molecule has 0 aliphatic heterocycles. The molecule has 6 nitrogen and oxygen atoms in total. The predicted octanol–water partition coefficient (Wildman–Crippen LogP) is 6.01. The van der Waals surface area contributed by atoms with Crippen LogP contribution in [0.25, 0.3) is 11.3 Å². The van der Waals surface area contributed by atoms with Crippen LogP contribution in [0.15, 0.2) is 69.7 Å². The van der Waals surface area contributed by atoms with Crippen molar-refractivity contribution in [3.8, 4) is 11.3 Å². The maximum atomic E-state index is 12.9. The number of hydrogen-bond donors (Lipinski definition) is 2. The van der Waals surface area contributed by atoms with Gasteiger partial charge in [0.2, 0.25) is 5.91 Å². The highest BCUT2D eigenvalue weighted by Crippen LogP contribution is 2.29. The third-order valence-corrected chi connectivity index (χ3v) is 7.34. The van der Waals surface area contributed by atoms with Gasteiger partial charge < -0.3 is 5.32 Å².